The first-order chi connectivity index (χ1) is 7.70. The fraction of sp³-hybridized carbons (Fsp3) is 0.0909. The van der Waals surface area contributed by atoms with Crippen molar-refractivity contribution in [2.45, 2.75) is 0 Å². The van der Waals surface area contributed by atoms with Crippen molar-refractivity contribution in [3.05, 3.63) is 41.1 Å². The number of benzene rings is 1. The van der Waals surface area contributed by atoms with Crippen LogP contribution in [0.4, 0.5) is 0 Å². The maximum atomic E-state index is 10.8. The van der Waals surface area contributed by atoms with Crippen LogP contribution in [0.15, 0.2) is 35.4 Å². The highest BCUT2D eigenvalue weighted by molar-refractivity contribution is 5.65. The van der Waals surface area contributed by atoms with Gasteiger partial charge in [-0.2, -0.15) is 0 Å². The molecule has 0 saturated heterocycles. The number of hydrogen-bond acceptors (Lipinski definition) is 4. The molecule has 0 radical (unpaired) electrons. The standard InChI is InChI=1S/C11H10N2O3/c1-16-10-3-2-7(4-9(10)14)8-5-12-11(15)13-6-8/h2-6,14H,1H3,(H,12,13,15). The predicted molar refractivity (Wildman–Crippen MR) is 58.5 cm³/mol. The Hall–Kier alpha value is -2.30. The van der Waals surface area contributed by atoms with E-state index in [1.807, 2.05) is 0 Å². The van der Waals surface area contributed by atoms with Gasteiger partial charge in [0.15, 0.2) is 11.5 Å². The lowest BCUT2D eigenvalue weighted by Gasteiger charge is -2.05. The van der Waals surface area contributed by atoms with Crippen LogP contribution in [0.1, 0.15) is 0 Å². The molecule has 2 aromatic rings. The minimum Gasteiger partial charge on any atom is -0.504 e. The van der Waals surface area contributed by atoms with Crippen molar-refractivity contribution in [3.63, 3.8) is 0 Å². The summed E-state index contributed by atoms with van der Waals surface area (Å²) in [7, 11) is 1.48. The number of methoxy groups -OCH3 is 1. The van der Waals surface area contributed by atoms with Gasteiger partial charge in [-0.1, -0.05) is 6.07 Å². The molecule has 1 aromatic carbocycles. The van der Waals surface area contributed by atoms with Crippen molar-refractivity contribution >= 4 is 0 Å². The number of rotatable bonds is 2. The van der Waals surface area contributed by atoms with E-state index >= 15 is 0 Å². The molecule has 0 aliphatic carbocycles. The Balaban J connectivity index is 2.45. The fourth-order valence-electron chi connectivity index (χ4n) is 1.37. The summed E-state index contributed by atoms with van der Waals surface area (Å²) >= 11 is 0. The third-order valence-corrected chi connectivity index (χ3v) is 2.18. The van der Waals surface area contributed by atoms with Crippen molar-refractivity contribution in [2.24, 2.45) is 0 Å². The Labute approximate surface area is 91.4 Å². The number of H-pyrrole nitrogens is 1. The van der Waals surface area contributed by atoms with Crippen LogP contribution in [-0.2, 0) is 0 Å². The Morgan fingerprint density at radius 1 is 1.38 bits per heavy atom. The summed E-state index contributed by atoms with van der Waals surface area (Å²) in [6.07, 6.45) is 2.98. The summed E-state index contributed by atoms with van der Waals surface area (Å²) in [5.74, 6) is 0.451. The average Bonchev–Trinajstić information content (AvgIpc) is 2.30. The van der Waals surface area contributed by atoms with Crippen LogP contribution in [0.2, 0.25) is 0 Å². The summed E-state index contributed by atoms with van der Waals surface area (Å²) < 4.78 is 4.93. The van der Waals surface area contributed by atoms with E-state index in [0.29, 0.717) is 5.75 Å². The molecular formula is C11H10N2O3. The lowest BCUT2D eigenvalue weighted by molar-refractivity contribution is 0.373. The van der Waals surface area contributed by atoms with E-state index in [9.17, 15) is 9.90 Å². The Morgan fingerprint density at radius 3 is 2.75 bits per heavy atom. The number of aromatic nitrogens is 2. The smallest absolute Gasteiger partial charge is 0.344 e. The van der Waals surface area contributed by atoms with Gasteiger partial charge in [0, 0.05) is 18.0 Å². The van der Waals surface area contributed by atoms with Crippen LogP contribution < -0.4 is 10.4 Å². The Kier molecular flexibility index (Phi) is 2.59. The normalized spacial score (nSPS) is 10.1. The minimum absolute atomic E-state index is 0.0474. The van der Waals surface area contributed by atoms with Crippen LogP contribution in [0.25, 0.3) is 11.1 Å². The van der Waals surface area contributed by atoms with Crippen LogP contribution in [0.5, 0.6) is 11.5 Å². The number of aromatic amines is 1. The van der Waals surface area contributed by atoms with Crippen molar-refractivity contribution in [1.82, 2.24) is 9.97 Å². The highest BCUT2D eigenvalue weighted by Gasteiger charge is 2.04. The monoisotopic (exact) mass is 218 g/mol. The number of ether oxygens (including phenoxy) is 1. The number of phenols is 1. The van der Waals surface area contributed by atoms with E-state index in [2.05, 4.69) is 9.97 Å². The average molecular weight is 218 g/mol. The van der Waals surface area contributed by atoms with E-state index in [1.54, 1.807) is 18.2 Å². The first-order valence-corrected chi connectivity index (χ1v) is 4.63. The number of phenolic OH excluding ortho intramolecular Hbond substituents is 1. The molecule has 0 bridgehead atoms. The molecule has 0 amide bonds. The minimum atomic E-state index is -0.401. The second kappa shape index (κ2) is 4.06. The highest BCUT2D eigenvalue weighted by atomic mass is 16.5. The van der Waals surface area contributed by atoms with E-state index < -0.39 is 5.69 Å². The van der Waals surface area contributed by atoms with Gasteiger partial charge in [0.2, 0.25) is 0 Å². The zero-order valence-corrected chi connectivity index (χ0v) is 8.60. The first-order valence-electron chi connectivity index (χ1n) is 4.63. The first kappa shape index (κ1) is 10.2. The van der Waals surface area contributed by atoms with Gasteiger partial charge in [-0.25, -0.2) is 9.78 Å². The van der Waals surface area contributed by atoms with E-state index in [-0.39, 0.29) is 5.75 Å². The largest absolute Gasteiger partial charge is 0.504 e. The van der Waals surface area contributed by atoms with E-state index in [4.69, 9.17) is 4.74 Å². The number of nitrogens with zero attached hydrogens (tertiary/aromatic N) is 1. The summed E-state index contributed by atoms with van der Waals surface area (Å²) in [6, 6.07) is 4.97. The Bertz CT molecular complexity index is 543. The van der Waals surface area contributed by atoms with Gasteiger partial charge in [-0.05, 0) is 17.7 Å². The topological polar surface area (TPSA) is 75.2 Å². The molecule has 0 fully saturated rings. The summed E-state index contributed by atoms with van der Waals surface area (Å²) in [5, 5.41) is 9.59. The molecule has 0 aliphatic heterocycles. The molecular weight excluding hydrogens is 208 g/mol. The maximum absolute atomic E-state index is 10.8. The maximum Gasteiger partial charge on any atom is 0.344 e. The third-order valence-electron chi connectivity index (χ3n) is 2.18. The fourth-order valence-corrected chi connectivity index (χ4v) is 1.37. The summed E-state index contributed by atoms with van der Waals surface area (Å²) in [5.41, 5.74) is 1.07. The zero-order valence-electron chi connectivity index (χ0n) is 8.60. The predicted octanol–water partition coefficient (Wildman–Crippen LogP) is 1.15. The molecule has 2 N–H and O–H groups in total. The van der Waals surface area contributed by atoms with Crippen LogP contribution in [0, 0.1) is 0 Å². The van der Waals surface area contributed by atoms with Gasteiger partial charge >= 0.3 is 5.69 Å². The van der Waals surface area contributed by atoms with Gasteiger partial charge in [0.1, 0.15) is 0 Å². The van der Waals surface area contributed by atoms with Crippen molar-refractivity contribution in [3.8, 4) is 22.6 Å². The molecule has 82 valence electrons. The highest BCUT2D eigenvalue weighted by Crippen LogP contribution is 2.30. The van der Waals surface area contributed by atoms with Crippen molar-refractivity contribution in [2.75, 3.05) is 7.11 Å². The molecule has 5 nitrogen and oxygen atoms in total. The molecule has 0 unspecified atom stereocenters. The molecule has 16 heavy (non-hydrogen) atoms. The molecule has 2 rings (SSSR count). The number of aromatic hydroxyl groups is 1. The van der Waals surface area contributed by atoms with Crippen molar-refractivity contribution in [1.29, 1.82) is 0 Å². The molecule has 0 atom stereocenters. The van der Waals surface area contributed by atoms with Crippen molar-refractivity contribution < 1.29 is 9.84 Å². The van der Waals surface area contributed by atoms with E-state index in [0.717, 1.165) is 11.1 Å². The van der Waals surface area contributed by atoms with E-state index in [1.165, 1.54) is 19.5 Å². The van der Waals surface area contributed by atoms with Gasteiger partial charge < -0.3 is 14.8 Å². The second-order valence-electron chi connectivity index (χ2n) is 3.19. The SMILES string of the molecule is COc1ccc(-c2cnc(=O)[nH]c2)cc1O. The van der Waals surface area contributed by atoms with Gasteiger partial charge in [-0.3, -0.25) is 0 Å². The zero-order chi connectivity index (χ0) is 11.5. The lowest BCUT2D eigenvalue weighted by atomic mass is 10.1. The summed E-state index contributed by atoms with van der Waals surface area (Å²) in [4.78, 5) is 16.9. The van der Waals surface area contributed by atoms with Gasteiger partial charge in [0.25, 0.3) is 0 Å². The second-order valence-corrected chi connectivity index (χ2v) is 3.19. The van der Waals surface area contributed by atoms with Crippen LogP contribution >= 0.6 is 0 Å². The lowest BCUT2D eigenvalue weighted by Crippen LogP contribution is -2.07. The summed E-state index contributed by atoms with van der Waals surface area (Å²) in [6.45, 7) is 0. The molecule has 0 aliphatic rings. The Morgan fingerprint density at radius 2 is 2.19 bits per heavy atom. The number of hydrogen-bond donors (Lipinski definition) is 2. The third kappa shape index (κ3) is 1.88. The van der Waals surface area contributed by atoms with Crippen LogP contribution in [0.3, 0.4) is 0 Å². The van der Waals surface area contributed by atoms with Gasteiger partial charge in [-0.15, -0.1) is 0 Å². The number of nitrogens with one attached hydrogen (secondary N) is 1. The molecule has 5 heteroatoms. The quantitative estimate of drug-likeness (QED) is 0.792. The molecule has 0 saturated carbocycles. The van der Waals surface area contributed by atoms with Crippen LogP contribution in [-0.4, -0.2) is 22.2 Å². The molecule has 1 aromatic heterocycles. The molecule has 1 heterocycles. The molecule has 0 spiro atoms. The van der Waals surface area contributed by atoms with Gasteiger partial charge in [0.05, 0.1) is 7.11 Å².